The van der Waals surface area contributed by atoms with Gasteiger partial charge in [-0.15, -0.1) is 0 Å². The van der Waals surface area contributed by atoms with Gasteiger partial charge in [-0.25, -0.2) is 4.99 Å². The van der Waals surface area contributed by atoms with Gasteiger partial charge in [0.15, 0.2) is 5.96 Å². The van der Waals surface area contributed by atoms with Crippen LogP contribution >= 0.6 is 0 Å². The van der Waals surface area contributed by atoms with Crippen LogP contribution < -0.4 is 10.5 Å². The molecule has 17 heavy (non-hydrogen) atoms. The minimum atomic E-state index is -2.84. The molecule has 94 valence electrons. The van der Waals surface area contributed by atoms with Crippen LogP contribution in [-0.2, 0) is 6.54 Å². The Hall–Kier alpha value is -1.92. The van der Waals surface area contributed by atoms with E-state index in [9.17, 15) is 8.78 Å². The number of aliphatic imine (C=N–C) groups is 1. The Morgan fingerprint density at radius 3 is 2.71 bits per heavy atom. The third kappa shape index (κ3) is 4.62. The van der Waals surface area contributed by atoms with Gasteiger partial charge in [0.2, 0.25) is 0 Å². The molecule has 5 nitrogen and oxygen atoms in total. The third-order valence-corrected chi connectivity index (χ3v) is 1.88. The number of aromatic nitrogens is 1. The van der Waals surface area contributed by atoms with Gasteiger partial charge in [0.05, 0.1) is 18.4 Å². The molecule has 0 aliphatic carbocycles. The zero-order valence-corrected chi connectivity index (χ0v) is 9.60. The molecule has 0 fully saturated rings. The summed E-state index contributed by atoms with van der Waals surface area (Å²) < 4.78 is 27.9. The van der Waals surface area contributed by atoms with Crippen molar-refractivity contribution in [1.82, 2.24) is 9.88 Å². The molecule has 0 aromatic carbocycles. The molecule has 1 aromatic heterocycles. The molecule has 0 saturated carbocycles. The summed E-state index contributed by atoms with van der Waals surface area (Å²) in [4.78, 5) is 9.64. The molecule has 0 aliphatic rings. The van der Waals surface area contributed by atoms with Crippen LogP contribution in [0.4, 0.5) is 8.78 Å². The van der Waals surface area contributed by atoms with Crippen LogP contribution in [-0.4, -0.2) is 36.6 Å². The van der Waals surface area contributed by atoms with Crippen molar-refractivity contribution >= 4 is 5.96 Å². The fourth-order valence-corrected chi connectivity index (χ4v) is 0.980. The highest BCUT2D eigenvalue weighted by Crippen LogP contribution is 2.12. The molecule has 0 amide bonds. The lowest BCUT2D eigenvalue weighted by molar-refractivity contribution is -0.0500. The summed E-state index contributed by atoms with van der Waals surface area (Å²) >= 11 is 0. The third-order valence-electron chi connectivity index (χ3n) is 1.88. The maximum Gasteiger partial charge on any atom is 0.387 e. The first-order chi connectivity index (χ1) is 7.99. The van der Waals surface area contributed by atoms with Gasteiger partial charge >= 0.3 is 6.61 Å². The molecule has 0 aliphatic heterocycles. The summed E-state index contributed by atoms with van der Waals surface area (Å²) in [6, 6.07) is 2.97. The molecular formula is C10H14F2N4O. The molecule has 2 N–H and O–H groups in total. The molecule has 0 spiro atoms. The van der Waals surface area contributed by atoms with Crippen molar-refractivity contribution < 1.29 is 13.5 Å². The number of nitrogens with two attached hydrogens (primary N) is 1. The molecule has 1 rings (SSSR count). The smallest absolute Gasteiger partial charge is 0.387 e. The van der Waals surface area contributed by atoms with Gasteiger partial charge in [0.25, 0.3) is 0 Å². The number of nitrogens with zero attached hydrogens (tertiary/aromatic N) is 3. The number of halogens is 2. The first kappa shape index (κ1) is 13.1. The van der Waals surface area contributed by atoms with Crippen LogP contribution in [0, 0.1) is 0 Å². The average molecular weight is 244 g/mol. The van der Waals surface area contributed by atoms with Crippen LogP contribution in [0.3, 0.4) is 0 Å². The second kappa shape index (κ2) is 5.97. The lowest BCUT2D eigenvalue weighted by atomic mass is 10.3. The molecular weight excluding hydrogens is 230 g/mol. The summed E-state index contributed by atoms with van der Waals surface area (Å²) in [5, 5.41) is 0. The first-order valence-electron chi connectivity index (χ1n) is 4.86. The van der Waals surface area contributed by atoms with E-state index < -0.39 is 6.61 Å². The fourth-order valence-electron chi connectivity index (χ4n) is 0.980. The number of guanidine groups is 1. The van der Waals surface area contributed by atoms with Crippen LogP contribution in [0.15, 0.2) is 23.3 Å². The summed E-state index contributed by atoms with van der Waals surface area (Å²) in [5.41, 5.74) is 6.21. The molecule has 0 saturated heterocycles. The molecule has 0 bridgehead atoms. The van der Waals surface area contributed by atoms with Gasteiger partial charge < -0.3 is 15.4 Å². The van der Waals surface area contributed by atoms with Gasteiger partial charge in [0, 0.05) is 14.1 Å². The van der Waals surface area contributed by atoms with E-state index in [4.69, 9.17) is 5.73 Å². The van der Waals surface area contributed by atoms with Crippen molar-refractivity contribution in [2.45, 2.75) is 13.2 Å². The summed E-state index contributed by atoms with van der Waals surface area (Å²) in [6.45, 7) is -2.55. The summed E-state index contributed by atoms with van der Waals surface area (Å²) in [7, 11) is 3.54. The zero-order chi connectivity index (χ0) is 12.8. The normalized spacial score (nSPS) is 11.7. The van der Waals surface area contributed by atoms with Crippen molar-refractivity contribution in [3.05, 3.63) is 24.0 Å². The van der Waals surface area contributed by atoms with Crippen LogP contribution in [0.25, 0.3) is 0 Å². The van der Waals surface area contributed by atoms with E-state index in [0.29, 0.717) is 18.2 Å². The van der Waals surface area contributed by atoms with Gasteiger partial charge in [-0.1, -0.05) is 0 Å². The Labute approximate surface area is 97.9 Å². The number of ether oxygens (including phenoxy) is 1. The van der Waals surface area contributed by atoms with E-state index in [-0.39, 0.29) is 5.75 Å². The Morgan fingerprint density at radius 2 is 2.24 bits per heavy atom. The molecule has 7 heteroatoms. The van der Waals surface area contributed by atoms with Crippen LogP contribution in [0.1, 0.15) is 5.69 Å². The molecule has 0 unspecified atom stereocenters. The Balaban J connectivity index is 2.60. The largest absolute Gasteiger partial charge is 0.433 e. The van der Waals surface area contributed by atoms with Crippen molar-refractivity contribution in [2.75, 3.05) is 14.1 Å². The number of hydrogen-bond acceptors (Lipinski definition) is 3. The number of hydrogen-bond donors (Lipinski definition) is 1. The lowest BCUT2D eigenvalue weighted by Crippen LogP contribution is -2.30. The van der Waals surface area contributed by atoms with Gasteiger partial charge in [-0.2, -0.15) is 8.78 Å². The van der Waals surface area contributed by atoms with Gasteiger partial charge in [-0.05, 0) is 12.1 Å². The molecule has 1 aromatic rings. The standard InChI is InChI=1S/C10H14F2N4O/c1-16(2)10(13)15-5-7-3-4-8(6-14-7)17-9(11)12/h3-4,6,9H,5H2,1-2H3,(H2,13,15). The van der Waals surface area contributed by atoms with Crippen molar-refractivity contribution in [3.63, 3.8) is 0 Å². The van der Waals surface area contributed by atoms with E-state index in [2.05, 4.69) is 14.7 Å². The predicted octanol–water partition coefficient (Wildman–Crippen LogP) is 1.06. The maximum absolute atomic E-state index is 11.9. The van der Waals surface area contributed by atoms with E-state index in [1.165, 1.54) is 12.3 Å². The van der Waals surface area contributed by atoms with E-state index >= 15 is 0 Å². The Bertz CT molecular complexity index is 378. The molecule has 0 radical (unpaired) electrons. The Morgan fingerprint density at radius 1 is 1.53 bits per heavy atom. The average Bonchev–Trinajstić information content (AvgIpc) is 2.26. The van der Waals surface area contributed by atoms with E-state index in [0.717, 1.165) is 0 Å². The number of alkyl halides is 2. The van der Waals surface area contributed by atoms with Gasteiger partial charge in [-0.3, -0.25) is 4.98 Å². The topological polar surface area (TPSA) is 63.7 Å². The predicted molar refractivity (Wildman–Crippen MR) is 59.9 cm³/mol. The highest BCUT2D eigenvalue weighted by molar-refractivity contribution is 5.77. The number of rotatable bonds is 4. The highest BCUT2D eigenvalue weighted by atomic mass is 19.3. The van der Waals surface area contributed by atoms with Crippen molar-refractivity contribution in [2.24, 2.45) is 10.7 Å². The van der Waals surface area contributed by atoms with Crippen LogP contribution in [0.5, 0.6) is 5.75 Å². The summed E-state index contributed by atoms with van der Waals surface area (Å²) in [5.74, 6) is 0.396. The van der Waals surface area contributed by atoms with Gasteiger partial charge in [0.1, 0.15) is 5.75 Å². The zero-order valence-electron chi connectivity index (χ0n) is 9.60. The highest BCUT2D eigenvalue weighted by Gasteiger charge is 2.04. The minimum Gasteiger partial charge on any atom is -0.433 e. The fraction of sp³-hybridized carbons (Fsp3) is 0.400. The number of pyridine rings is 1. The second-order valence-electron chi connectivity index (χ2n) is 3.43. The van der Waals surface area contributed by atoms with Crippen molar-refractivity contribution in [3.8, 4) is 5.75 Å². The second-order valence-corrected chi connectivity index (χ2v) is 3.43. The summed E-state index contributed by atoms with van der Waals surface area (Å²) in [6.07, 6.45) is 1.23. The lowest BCUT2D eigenvalue weighted by Gasteiger charge is -2.10. The first-order valence-corrected chi connectivity index (χ1v) is 4.86. The molecule has 0 atom stereocenters. The van der Waals surface area contributed by atoms with Crippen LogP contribution in [0.2, 0.25) is 0 Å². The quantitative estimate of drug-likeness (QED) is 0.635. The molecule has 1 heterocycles. The van der Waals surface area contributed by atoms with E-state index in [1.807, 2.05) is 0 Å². The monoisotopic (exact) mass is 244 g/mol. The maximum atomic E-state index is 11.9. The van der Waals surface area contributed by atoms with Crippen molar-refractivity contribution in [1.29, 1.82) is 0 Å². The van der Waals surface area contributed by atoms with E-state index in [1.54, 1.807) is 25.1 Å². The SMILES string of the molecule is CN(C)C(N)=NCc1ccc(OC(F)F)cn1. The Kier molecular flexibility index (Phi) is 4.62. The minimum absolute atomic E-state index is 0.0216.